The zero-order valence-corrected chi connectivity index (χ0v) is 6.36. The van der Waals surface area contributed by atoms with Gasteiger partial charge in [0.05, 0.1) is 0 Å². The van der Waals surface area contributed by atoms with Crippen LogP contribution in [0.1, 0.15) is 0 Å². The average molecular weight is 160 g/mol. The van der Waals surface area contributed by atoms with E-state index in [2.05, 4.69) is 15.4 Å². The van der Waals surface area contributed by atoms with Gasteiger partial charge in [0.15, 0.2) is 0 Å². The molecule has 3 N–H and O–H groups in total. The van der Waals surface area contributed by atoms with Gasteiger partial charge in [-0.15, -0.1) is 0 Å². The molecule has 4 heteroatoms. The molecule has 0 aliphatic rings. The molecule has 2 rings (SSSR count). The fourth-order valence-corrected chi connectivity index (χ4v) is 1.13. The minimum Gasteiger partial charge on any atom is -0.308 e. The van der Waals surface area contributed by atoms with Gasteiger partial charge in [0, 0.05) is 29.4 Å². The van der Waals surface area contributed by atoms with E-state index in [-0.39, 0.29) is 0 Å². The molecule has 0 spiro atoms. The molecule has 0 aliphatic heterocycles. The summed E-state index contributed by atoms with van der Waals surface area (Å²) in [5.41, 5.74) is 2.53. The highest BCUT2D eigenvalue weighted by molar-refractivity contribution is 5.90. The van der Waals surface area contributed by atoms with Gasteiger partial charge >= 0.3 is 0 Å². The molecule has 2 aromatic rings. The number of hydrogen-bond donors (Lipinski definition) is 2. The number of pyridine rings is 2. The van der Waals surface area contributed by atoms with E-state index < -0.39 is 0 Å². The lowest BCUT2D eigenvalue weighted by Crippen LogP contribution is -2.08. The summed E-state index contributed by atoms with van der Waals surface area (Å²) in [6, 6.07) is 3.76. The number of aromatic nitrogens is 2. The van der Waals surface area contributed by atoms with Crippen molar-refractivity contribution in [3.63, 3.8) is 0 Å². The number of nitrogen functional groups attached to an aromatic ring is 1. The topological polar surface area (TPSA) is 63.8 Å². The van der Waals surface area contributed by atoms with Gasteiger partial charge in [-0.05, 0) is 12.1 Å². The van der Waals surface area contributed by atoms with Crippen molar-refractivity contribution in [2.75, 3.05) is 5.43 Å². The van der Waals surface area contributed by atoms with Crippen LogP contribution in [0, 0.1) is 0 Å². The minimum atomic E-state index is 0.676. The zero-order chi connectivity index (χ0) is 8.39. The Hall–Kier alpha value is -1.68. The van der Waals surface area contributed by atoms with E-state index >= 15 is 0 Å². The molecule has 0 radical (unpaired) electrons. The second kappa shape index (κ2) is 2.75. The van der Waals surface area contributed by atoms with Crippen molar-refractivity contribution in [2.45, 2.75) is 0 Å². The molecule has 0 saturated heterocycles. The number of anilines is 1. The number of hydrazine groups is 1. The van der Waals surface area contributed by atoms with E-state index in [9.17, 15) is 0 Å². The van der Waals surface area contributed by atoms with Crippen molar-refractivity contribution >= 4 is 16.6 Å². The van der Waals surface area contributed by atoms with Crippen LogP contribution >= 0.6 is 0 Å². The quantitative estimate of drug-likeness (QED) is 0.481. The molecule has 0 fully saturated rings. The largest absolute Gasteiger partial charge is 0.308 e. The zero-order valence-electron chi connectivity index (χ0n) is 6.36. The molecular formula is C8H8N4. The molecule has 60 valence electrons. The Kier molecular flexibility index (Phi) is 1.60. The lowest BCUT2D eigenvalue weighted by atomic mass is 10.2. The Morgan fingerprint density at radius 1 is 1.25 bits per heavy atom. The van der Waals surface area contributed by atoms with E-state index in [4.69, 9.17) is 5.84 Å². The molecule has 2 heterocycles. The van der Waals surface area contributed by atoms with Crippen molar-refractivity contribution < 1.29 is 0 Å². The lowest BCUT2D eigenvalue weighted by Gasteiger charge is -2.02. The normalized spacial score (nSPS) is 10.1. The van der Waals surface area contributed by atoms with Crippen molar-refractivity contribution in [3.8, 4) is 0 Å². The first-order chi connectivity index (χ1) is 5.92. The fraction of sp³-hybridized carbons (Fsp3) is 0. The van der Waals surface area contributed by atoms with Crippen LogP contribution in [0.5, 0.6) is 0 Å². The van der Waals surface area contributed by atoms with Gasteiger partial charge in [-0.1, -0.05) is 0 Å². The minimum absolute atomic E-state index is 0.676. The van der Waals surface area contributed by atoms with Gasteiger partial charge < -0.3 is 5.43 Å². The summed E-state index contributed by atoms with van der Waals surface area (Å²) in [5.74, 6) is 5.96. The molecule has 4 nitrogen and oxygen atoms in total. The number of rotatable bonds is 1. The third kappa shape index (κ3) is 0.981. The summed E-state index contributed by atoms with van der Waals surface area (Å²) in [6.07, 6.45) is 5.18. The van der Waals surface area contributed by atoms with Crippen molar-refractivity contribution in [3.05, 3.63) is 30.7 Å². The van der Waals surface area contributed by atoms with E-state index in [1.54, 1.807) is 18.6 Å². The molecule has 0 aromatic carbocycles. The molecule has 0 aliphatic carbocycles. The van der Waals surface area contributed by atoms with Gasteiger partial charge in [0.2, 0.25) is 0 Å². The lowest BCUT2D eigenvalue weighted by molar-refractivity contribution is 1.24. The number of hydrogen-bond acceptors (Lipinski definition) is 4. The maximum absolute atomic E-state index is 5.28. The number of nitrogens with zero attached hydrogens (tertiary/aromatic N) is 2. The monoisotopic (exact) mass is 160 g/mol. The van der Waals surface area contributed by atoms with Crippen LogP contribution in [0.15, 0.2) is 30.7 Å². The second-order valence-electron chi connectivity index (χ2n) is 2.40. The van der Waals surface area contributed by atoms with E-state index in [1.807, 2.05) is 12.1 Å². The van der Waals surface area contributed by atoms with Crippen LogP contribution in [0.3, 0.4) is 0 Å². The highest BCUT2D eigenvalue weighted by Crippen LogP contribution is 2.17. The highest BCUT2D eigenvalue weighted by atomic mass is 15.2. The summed E-state index contributed by atoms with van der Waals surface area (Å²) >= 11 is 0. The first kappa shape index (κ1) is 7.00. The Morgan fingerprint density at radius 2 is 2.17 bits per heavy atom. The maximum Gasteiger partial charge on any atom is 0.147 e. The molecule has 0 atom stereocenters. The van der Waals surface area contributed by atoms with Gasteiger partial charge in [-0.2, -0.15) is 0 Å². The van der Waals surface area contributed by atoms with Crippen LogP contribution in [0.2, 0.25) is 0 Å². The molecule has 0 saturated carbocycles. The van der Waals surface area contributed by atoms with Crippen molar-refractivity contribution in [1.29, 1.82) is 0 Å². The Labute approximate surface area is 69.4 Å². The predicted molar refractivity (Wildman–Crippen MR) is 47.3 cm³/mol. The van der Waals surface area contributed by atoms with E-state index in [0.29, 0.717) is 5.82 Å². The first-order valence-corrected chi connectivity index (χ1v) is 3.57. The van der Waals surface area contributed by atoms with Crippen LogP contribution in [-0.4, -0.2) is 9.97 Å². The summed E-state index contributed by atoms with van der Waals surface area (Å²) in [7, 11) is 0. The molecule has 2 aromatic heterocycles. The van der Waals surface area contributed by atoms with Gasteiger partial charge in [0.1, 0.15) is 5.82 Å². The number of fused-ring (bicyclic) bond motifs is 1. The van der Waals surface area contributed by atoms with Crippen molar-refractivity contribution in [2.24, 2.45) is 5.84 Å². The maximum atomic E-state index is 5.28. The van der Waals surface area contributed by atoms with Crippen LogP contribution in [-0.2, 0) is 0 Å². The average Bonchev–Trinajstić information content (AvgIpc) is 2.17. The van der Waals surface area contributed by atoms with Gasteiger partial charge in [0.25, 0.3) is 0 Å². The Morgan fingerprint density at radius 3 is 3.00 bits per heavy atom. The van der Waals surface area contributed by atoms with Crippen LogP contribution in [0.25, 0.3) is 10.8 Å². The van der Waals surface area contributed by atoms with E-state index in [0.717, 1.165) is 10.8 Å². The van der Waals surface area contributed by atoms with Crippen LogP contribution < -0.4 is 11.3 Å². The van der Waals surface area contributed by atoms with Gasteiger partial charge in [-0.25, -0.2) is 10.8 Å². The fourth-order valence-electron chi connectivity index (χ4n) is 1.13. The molecule has 0 bridgehead atoms. The third-order valence-corrected chi connectivity index (χ3v) is 1.70. The third-order valence-electron chi connectivity index (χ3n) is 1.70. The van der Waals surface area contributed by atoms with E-state index in [1.165, 1.54) is 0 Å². The SMILES string of the molecule is NNc1nccc2cnccc12. The van der Waals surface area contributed by atoms with Gasteiger partial charge in [-0.3, -0.25) is 4.98 Å². The number of nitrogens with one attached hydrogen (secondary N) is 1. The molecule has 0 unspecified atom stereocenters. The van der Waals surface area contributed by atoms with Crippen molar-refractivity contribution in [1.82, 2.24) is 9.97 Å². The van der Waals surface area contributed by atoms with Crippen LogP contribution in [0.4, 0.5) is 5.82 Å². The summed E-state index contributed by atoms with van der Waals surface area (Å²) in [4.78, 5) is 8.05. The molecule has 0 amide bonds. The Balaban J connectivity index is 2.79. The first-order valence-electron chi connectivity index (χ1n) is 3.57. The predicted octanol–water partition coefficient (Wildman–Crippen LogP) is 0.915. The Bertz CT molecular complexity index is 394. The summed E-state index contributed by atoms with van der Waals surface area (Å²) in [6.45, 7) is 0. The second-order valence-corrected chi connectivity index (χ2v) is 2.40. The molecular weight excluding hydrogens is 152 g/mol. The standard InChI is InChI=1S/C8H8N4/c9-12-8-7-2-3-10-5-6(7)1-4-11-8/h1-5H,9H2,(H,11,12). The number of nitrogens with two attached hydrogens (primary N) is 1. The highest BCUT2D eigenvalue weighted by Gasteiger charge is 1.97. The summed E-state index contributed by atoms with van der Waals surface area (Å²) in [5, 5.41) is 2.01. The smallest absolute Gasteiger partial charge is 0.147 e. The summed E-state index contributed by atoms with van der Waals surface area (Å²) < 4.78 is 0. The molecule has 12 heavy (non-hydrogen) atoms.